The van der Waals surface area contributed by atoms with Crippen LogP contribution in [-0.4, -0.2) is 87.1 Å². The highest BCUT2D eigenvalue weighted by molar-refractivity contribution is 6.27. The van der Waals surface area contributed by atoms with Crippen molar-refractivity contribution in [2.75, 3.05) is 77.2 Å². The lowest BCUT2D eigenvalue weighted by Gasteiger charge is -2.20. The molecule has 10 heteroatoms. The fourth-order valence-corrected chi connectivity index (χ4v) is 8.20. The van der Waals surface area contributed by atoms with E-state index >= 15 is 0 Å². The SMILES string of the molecule is CCCCOc1cc(CCC)c(N)c2c1-c1c(OCCN(CC)CC)cccc1C2=O.CCCc1cc(OCC)c2c(c1N)C(=O)c1cccc(OCCN(CC)CC)c1-2. The second kappa shape index (κ2) is 22.0. The fourth-order valence-electron chi connectivity index (χ4n) is 8.20. The Kier molecular flexibility index (Phi) is 16.9. The molecule has 60 heavy (non-hydrogen) atoms. The van der Waals surface area contributed by atoms with Gasteiger partial charge in [0.1, 0.15) is 36.2 Å². The van der Waals surface area contributed by atoms with Crippen molar-refractivity contribution in [2.24, 2.45) is 0 Å². The van der Waals surface area contributed by atoms with Gasteiger partial charge in [-0.3, -0.25) is 9.59 Å². The van der Waals surface area contributed by atoms with Crippen molar-refractivity contribution >= 4 is 22.9 Å². The van der Waals surface area contributed by atoms with Crippen LogP contribution in [0.4, 0.5) is 11.4 Å². The number of anilines is 2. The monoisotopic (exact) mass is 821 g/mol. The highest BCUT2D eigenvalue weighted by Gasteiger charge is 2.37. The molecule has 0 radical (unpaired) electrons. The van der Waals surface area contributed by atoms with E-state index in [9.17, 15) is 9.59 Å². The summed E-state index contributed by atoms with van der Waals surface area (Å²) < 4.78 is 24.5. The zero-order valence-electron chi connectivity index (χ0n) is 37.4. The molecule has 4 aromatic rings. The Hall–Kier alpha value is -5.06. The lowest BCUT2D eigenvalue weighted by molar-refractivity contribution is 0.103. The standard InChI is InChI=1S/C26H36N2O3.C24H32N2O3/c1-5-9-15-30-21-17-18(11-6-2)25(27)24-23(21)22-19(26(24)29)12-10-13-20(22)31-16-14-28(7-3)8-4;1-5-10-16-15-19(28-8-4)21-20-17(24(27)22(21)23(16)25)11-9-12-18(20)29-14-13-26(6-2)7-3/h10,12-13,17H,5-9,11,14-16,27H2,1-4H3;9,11-12,15H,5-8,10,13-14,25H2,1-4H3. The maximum Gasteiger partial charge on any atom is 0.196 e. The van der Waals surface area contributed by atoms with Crippen molar-refractivity contribution < 1.29 is 28.5 Å². The van der Waals surface area contributed by atoms with Crippen LogP contribution < -0.4 is 30.4 Å². The van der Waals surface area contributed by atoms with Crippen LogP contribution in [0.15, 0.2) is 48.5 Å². The number of rotatable bonds is 22. The molecule has 2 aliphatic rings. The molecule has 0 unspecified atom stereocenters. The molecular weight excluding hydrogens is 753 g/mol. The number of ketones is 2. The number of nitrogen functional groups attached to an aromatic ring is 2. The Morgan fingerprint density at radius 2 is 0.900 bits per heavy atom. The van der Waals surface area contributed by atoms with Gasteiger partial charge in [-0.05, 0) is 87.8 Å². The number of nitrogens with zero attached hydrogens (tertiary/aromatic N) is 2. The number of ether oxygens (including phenoxy) is 4. The van der Waals surface area contributed by atoms with Gasteiger partial charge >= 0.3 is 0 Å². The van der Waals surface area contributed by atoms with Crippen molar-refractivity contribution in [3.8, 4) is 45.3 Å². The molecule has 6 rings (SSSR count). The van der Waals surface area contributed by atoms with E-state index < -0.39 is 0 Å². The van der Waals surface area contributed by atoms with Crippen LogP contribution in [0.1, 0.15) is 124 Å². The molecule has 0 saturated heterocycles. The predicted octanol–water partition coefficient (Wildman–Crippen LogP) is 9.88. The number of unbranched alkanes of at least 4 members (excludes halogenated alkanes) is 1. The average Bonchev–Trinajstić information content (AvgIpc) is 3.74. The molecular formula is C50H68N4O6. The van der Waals surface area contributed by atoms with Crippen LogP contribution in [0.2, 0.25) is 0 Å². The van der Waals surface area contributed by atoms with Gasteiger partial charge in [-0.25, -0.2) is 0 Å². The van der Waals surface area contributed by atoms with E-state index in [0.29, 0.717) is 71.6 Å². The zero-order chi connectivity index (χ0) is 43.3. The maximum absolute atomic E-state index is 13.4. The van der Waals surface area contributed by atoms with E-state index in [1.807, 2.05) is 55.5 Å². The van der Waals surface area contributed by atoms with Gasteiger partial charge in [0, 0.05) is 57.8 Å². The first-order valence-electron chi connectivity index (χ1n) is 22.4. The molecule has 324 valence electrons. The minimum atomic E-state index is -0.0411. The van der Waals surface area contributed by atoms with Gasteiger partial charge in [0.25, 0.3) is 0 Å². The highest BCUT2D eigenvalue weighted by Crippen LogP contribution is 2.52. The summed E-state index contributed by atoms with van der Waals surface area (Å²) in [5.41, 5.74) is 21.7. The number of carbonyl (C=O) groups is 2. The molecule has 0 bridgehead atoms. The first kappa shape index (κ1) is 46.0. The largest absolute Gasteiger partial charge is 0.493 e. The van der Waals surface area contributed by atoms with Crippen LogP contribution in [0, 0.1) is 0 Å². The van der Waals surface area contributed by atoms with Crippen LogP contribution in [0.25, 0.3) is 22.3 Å². The third-order valence-corrected chi connectivity index (χ3v) is 11.5. The van der Waals surface area contributed by atoms with Crippen molar-refractivity contribution in [1.82, 2.24) is 9.80 Å². The van der Waals surface area contributed by atoms with Crippen LogP contribution >= 0.6 is 0 Å². The zero-order valence-corrected chi connectivity index (χ0v) is 37.4. The second-order valence-corrected chi connectivity index (χ2v) is 15.3. The van der Waals surface area contributed by atoms with Crippen LogP contribution in [-0.2, 0) is 12.8 Å². The summed E-state index contributed by atoms with van der Waals surface area (Å²) in [5.74, 6) is 2.82. The van der Waals surface area contributed by atoms with E-state index in [-0.39, 0.29) is 11.6 Å². The molecule has 0 heterocycles. The van der Waals surface area contributed by atoms with Gasteiger partial charge in [-0.15, -0.1) is 0 Å². The number of nitrogens with two attached hydrogens (primary N) is 2. The van der Waals surface area contributed by atoms with Crippen molar-refractivity contribution in [2.45, 2.75) is 93.9 Å². The number of hydrogen-bond donors (Lipinski definition) is 2. The fraction of sp³-hybridized carbons (Fsp3) is 0.480. The predicted molar refractivity (Wildman–Crippen MR) is 246 cm³/mol. The summed E-state index contributed by atoms with van der Waals surface area (Å²) >= 11 is 0. The van der Waals surface area contributed by atoms with Gasteiger partial charge in [0.2, 0.25) is 0 Å². The highest BCUT2D eigenvalue weighted by atomic mass is 16.5. The molecule has 4 N–H and O–H groups in total. The topological polar surface area (TPSA) is 130 Å². The number of aryl methyl sites for hydroxylation is 2. The number of carbonyl (C=O) groups excluding carboxylic acids is 2. The molecule has 0 amide bonds. The summed E-state index contributed by atoms with van der Waals surface area (Å²) in [7, 11) is 0. The Balaban J connectivity index is 0.000000228. The minimum absolute atomic E-state index is 0.0324. The third-order valence-electron chi connectivity index (χ3n) is 11.5. The summed E-state index contributed by atoms with van der Waals surface area (Å²) in [5, 5.41) is 0. The molecule has 0 aromatic heterocycles. The molecule has 0 atom stereocenters. The molecule has 0 spiro atoms. The maximum atomic E-state index is 13.4. The summed E-state index contributed by atoms with van der Waals surface area (Å²) in [6.45, 7) is 24.8. The molecule has 0 fully saturated rings. The van der Waals surface area contributed by atoms with Crippen molar-refractivity contribution in [1.29, 1.82) is 0 Å². The van der Waals surface area contributed by atoms with E-state index in [1.54, 1.807) is 0 Å². The summed E-state index contributed by atoms with van der Waals surface area (Å²) in [6.07, 6.45) is 5.56. The Labute approximate surface area is 358 Å². The Bertz CT molecular complexity index is 2110. The molecule has 0 aliphatic heterocycles. The lowest BCUT2D eigenvalue weighted by Crippen LogP contribution is -2.28. The number of benzene rings is 4. The van der Waals surface area contributed by atoms with Crippen molar-refractivity contribution in [3.05, 3.63) is 81.9 Å². The molecule has 4 aromatic carbocycles. The van der Waals surface area contributed by atoms with E-state index in [0.717, 1.165) is 123 Å². The van der Waals surface area contributed by atoms with E-state index in [1.165, 1.54) is 0 Å². The van der Waals surface area contributed by atoms with Crippen LogP contribution in [0.3, 0.4) is 0 Å². The summed E-state index contributed by atoms with van der Waals surface area (Å²) in [6, 6.07) is 15.4. The van der Waals surface area contributed by atoms with Gasteiger partial charge in [-0.1, -0.05) is 92.0 Å². The third kappa shape index (κ3) is 9.76. The summed E-state index contributed by atoms with van der Waals surface area (Å²) in [4.78, 5) is 31.2. The smallest absolute Gasteiger partial charge is 0.196 e. The number of likely N-dealkylation sites (N-methyl/N-ethyl adjacent to an activating group) is 2. The average molecular weight is 821 g/mol. The van der Waals surface area contributed by atoms with Crippen LogP contribution in [0.5, 0.6) is 23.0 Å². The Morgan fingerprint density at radius 3 is 1.28 bits per heavy atom. The van der Waals surface area contributed by atoms with E-state index in [2.05, 4.69) is 58.3 Å². The minimum Gasteiger partial charge on any atom is -0.493 e. The van der Waals surface area contributed by atoms with Gasteiger partial charge < -0.3 is 40.2 Å². The molecule has 0 saturated carbocycles. The lowest BCUT2D eigenvalue weighted by atomic mass is 9.96. The van der Waals surface area contributed by atoms with Gasteiger partial charge in [0.05, 0.1) is 24.3 Å². The normalized spacial score (nSPS) is 12.2. The molecule has 10 nitrogen and oxygen atoms in total. The second-order valence-electron chi connectivity index (χ2n) is 15.3. The van der Waals surface area contributed by atoms with Crippen molar-refractivity contribution in [3.63, 3.8) is 0 Å². The quantitative estimate of drug-likeness (QED) is 0.0504. The van der Waals surface area contributed by atoms with Gasteiger partial charge in [0.15, 0.2) is 11.6 Å². The Morgan fingerprint density at radius 1 is 0.483 bits per heavy atom. The molecule has 2 aliphatic carbocycles. The van der Waals surface area contributed by atoms with Gasteiger partial charge in [-0.2, -0.15) is 0 Å². The number of hydrogen-bond acceptors (Lipinski definition) is 10. The van der Waals surface area contributed by atoms with E-state index in [4.69, 9.17) is 30.4 Å². The number of fused-ring (bicyclic) bond motifs is 6. The first-order chi connectivity index (χ1) is 29.1. The first-order valence-corrected chi connectivity index (χ1v) is 22.4.